The van der Waals surface area contributed by atoms with Gasteiger partial charge in [0.25, 0.3) is 0 Å². The van der Waals surface area contributed by atoms with E-state index in [9.17, 15) is 0 Å². The molecule has 1 rings (SSSR count). The highest BCUT2D eigenvalue weighted by atomic mass is 15.1. The molecule has 114 valence electrons. The highest BCUT2D eigenvalue weighted by Gasteiger charge is 2.18. The Kier molecular flexibility index (Phi) is 7.38. The Hall–Kier alpha value is -0.0800. The van der Waals surface area contributed by atoms with Crippen molar-refractivity contribution < 1.29 is 0 Å². The minimum atomic E-state index is 0.278. The first-order valence-corrected chi connectivity index (χ1v) is 8.34. The molecule has 0 aromatic rings. The van der Waals surface area contributed by atoms with E-state index in [1.807, 2.05) is 0 Å². The fraction of sp³-hybridized carbons (Fsp3) is 1.00. The highest BCUT2D eigenvalue weighted by molar-refractivity contribution is 4.74. The summed E-state index contributed by atoms with van der Waals surface area (Å²) in [5.74, 6) is 1.83. The Morgan fingerprint density at radius 2 is 1.79 bits per heavy atom. The van der Waals surface area contributed by atoms with E-state index in [0.29, 0.717) is 0 Å². The second-order valence-electron chi connectivity index (χ2n) is 7.79. The number of nitrogens with zero attached hydrogens (tertiary/aromatic N) is 1. The van der Waals surface area contributed by atoms with E-state index in [4.69, 9.17) is 0 Å². The summed E-state index contributed by atoms with van der Waals surface area (Å²) >= 11 is 0. The number of nitrogens with one attached hydrogen (secondary N) is 1. The first-order chi connectivity index (χ1) is 8.87. The average molecular weight is 268 g/mol. The summed E-state index contributed by atoms with van der Waals surface area (Å²) in [6.45, 7) is 16.6. The predicted molar refractivity (Wildman–Crippen MR) is 85.6 cm³/mol. The molecule has 0 bridgehead atoms. The highest BCUT2D eigenvalue weighted by Crippen LogP contribution is 2.22. The van der Waals surface area contributed by atoms with E-state index in [-0.39, 0.29) is 5.54 Å². The quantitative estimate of drug-likeness (QED) is 0.704. The van der Waals surface area contributed by atoms with Gasteiger partial charge >= 0.3 is 0 Å². The summed E-state index contributed by atoms with van der Waals surface area (Å²) in [5, 5.41) is 3.59. The number of hydrogen-bond donors (Lipinski definition) is 1. The molecule has 0 aliphatic carbocycles. The van der Waals surface area contributed by atoms with Crippen LogP contribution in [0.25, 0.3) is 0 Å². The Labute approximate surface area is 121 Å². The normalized spacial score (nSPS) is 19.3. The van der Waals surface area contributed by atoms with Crippen molar-refractivity contribution in [1.82, 2.24) is 10.2 Å². The van der Waals surface area contributed by atoms with Crippen LogP contribution < -0.4 is 5.32 Å². The van der Waals surface area contributed by atoms with Gasteiger partial charge in [0.05, 0.1) is 0 Å². The van der Waals surface area contributed by atoms with E-state index in [1.54, 1.807) is 0 Å². The van der Waals surface area contributed by atoms with Gasteiger partial charge in [-0.1, -0.05) is 13.8 Å². The number of likely N-dealkylation sites (tertiary alicyclic amines) is 1. The average Bonchev–Trinajstić information content (AvgIpc) is 2.32. The van der Waals surface area contributed by atoms with Crippen LogP contribution >= 0.6 is 0 Å². The van der Waals surface area contributed by atoms with E-state index in [2.05, 4.69) is 44.8 Å². The van der Waals surface area contributed by atoms with Crippen molar-refractivity contribution in [3.05, 3.63) is 0 Å². The molecule has 2 heteroatoms. The van der Waals surface area contributed by atoms with Crippen LogP contribution in [-0.2, 0) is 0 Å². The van der Waals surface area contributed by atoms with Crippen LogP contribution in [0.1, 0.15) is 66.7 Å². The second kappa shape index (κ2) is 8.26. The Morgan fingerprint density at radius 3 is 2.32 bits per heavy atom. The van der Waals surface area contributed by atoms with Crippen molar-refractivity contribution in [1.29, 1.82) is 0 Å². The summed E-state index contributed by atoms with van der Waals surface area (Å²) in [6.07, 6.45) is 6.97. The fourth-order valence-corrected chi connectivity index (χ4v) is 2.79. The van der Waals surface area contributed by atoms with Crippen molar-refractivity contribution in [2.24, 2.45) is 11.8 Å². The standard InChI is InChI=1S/C17H36N2/c1-15(2)8-12-19-13-9-16(10-14-19)7-6-11-18-17(3,4)5/h15-16,18H,6-14H2,1-5H3. The largest absolute Gasteiger partial charge is 0.312 e. The van der Waals surface area contributed by atoms with Gasteiger partial charge in [0.15, 0.2) is 0 Å². The molecule has 0 unspecified atom stereocenters. The summed E-state index contributed by atoms with van der Waals surface area (Å²) in [7, 11) is 0. The summed E-state index contributed by atoms with van der Waals surface area (Å²) in [6, 6.07) is 0. The molecule has 0 atom stereocenters. The maximum atomic E-state index is 3.59. The van der Waals surface area contributed by atoms with E-state index in [0.717, 1.165) is 11.8 Å². The summed E-state index contributed by atoms with van der Waals surface area (Å²) < 4.78 is 0. The van der Waals surface area contributed by atoms with Gasteiger partial charge < -0.3 is 10.2 Å². The molecule has 2 nitrogen and oxygen atoms in total. The molecule has 0 saturated carbocycles. The fourth-order valence-electron chi connectivity index (χ4n) is 2.79. The summed E-state index contributed by atoms with van der Waals surface area (Å²) in [5.41, 5.74) is 0.278. The molecule has 0 spiro atoms. The molecule has 1 heterocycles. The SMILES string of the molecule is CC(C)CCN1CCC(CCCNC(C)(C)C)CC1. The van der Waals surface area contributed by atoms with Gasteiger partial charge in [-0.2, -0.15) is 0 Å². The Bertz CT molecular complexity index is 222. The van der Waals surface area contributed by atoms with Crippen molar-refractivity contribution >= 4 is 0 Å². The second-order valence-corrected chi connectivity index (χ2v) is 7.79. The van der Waals surface area contributed by atoms with Crippen molar-refractivity contribution in [2.75, 3.05) is 26.2 Å². The zero-order valence-corrected chi connectivity index (χ0v) is 14.0. The number of piperidine rings is 1. The topological polar surface area (TPSA) is 15.3 Å². The lowest BCUT2D eigenvalue weighted by molar-refractivity contribution is 0.170. The summed E-state index contributed by atoms with van der Waals surface area (Å²) in [4.78, 5) is 2.67. The maximum absolute atomic E-state index is 3.59. The van der Waals surface area contributed by atoms with Crippen molar-refractivity contribution in [2.45, 2.75) is 72.3 Å². The van der Waals surface area contributed by atoms with Gasteiger partial charge in [0.2, 0.25) is 0 Å². The minimum Gasteiger partial charge on any atom is -0.312 e. The number of hydrogen-bond acceptors (Lipinski definition) is 2. The molecular formula is C17H36N2. The Balaban J connectivity index is 2.04. The first-order valence-electron chi connectivity index (χ1n) is 8.34. The van der Waals surface area contributed by atoms with E-state index < -0.39 is 0 Å². The third-order valence-electron chi connectivity index (χ3n) is 4.17. The molecule has 1 fully saturated rings. The third kappa shape index (κ3) is 8.65. The molecule has 1 aliphatic rings. The van der Waals surface area contributed by atoms with E-state index >= 15 is 0 Å². The molecule has 19 heavy (non-hydrogen) atoms. The van der Waals surface area contributed by atoms with Gasteiger partial charge in [0, 0.05) is 5.54 Å². The predicted octanol–water partition coefficient (Wildman–Crippen LogP) is 3.91. The van der Waals surface area contributed by atoms with Crippen LogP contribution in [0.2, 0.25) is 0 Å². The van der Waals surface area contributed by atoms with Gasteiger partial charge in [-0.3, -0.25) is 0 Å². The molecule has 0 radical (unpaired) electrons. The lowest BCUT2D eigenvalue weighted by Crippen LogP contribution is -2.37. The van der Waals surface area contributed by atoms with Crippen LogP contribution in [0.4, 0.5) is 0 Å². The minimum absolute atomic E-state index is 0.278. The first kappa shape index (κ1) is 17.0. The molecule has 1 aliphatic heterocycles. The molecular weight excluding hydrogens is 232 g/mol. The monoisotopic (exact) mass is 268 g/mol. The van der Waals surface area contributed by atoms with Crippen LogP contribution in [0.15, 0.2) is 0 Å². The molecule has 0 amide bonds. The lowest BCUT2D eigenvalue weighted by Gasteiger charge is -2.32. The third-order valence-corrected chi connectivity index (χ3v) is 4.17. The van der Waals surface area contributed by atoms with Crippen molar-refractivity contribution in [3.8, 4) is 0 Å². The Morgan fingerprint density at radius 1 is 1.16 bits per heavy atom. The van der Waals surface area contributed by atoms with Gasteiger partial charge in [-0.05, 0) is 90.9 Å². The smallest absolute Gasteiger partial charge is 0.00965 e. The molecule has 1 N–H and O–H groups in total. The number of rotatable bonds is 7. The zero-order chi connectivity index (χ0) is 14.3. The maximum Gasteiger partial charge on any atom is 0.00965 e. The van der Waals surface area contributed by atoms with Gasteiger partial charge in [-0.25, -0.2) is 0 Å². The molecule has 1 saturated heterocycles. The zero-order valence-electron chi connectivity index (χ0n) is 14.0. The lowest BCUT2D eigenvalue weighted by atomic mass is 9.91. The van der Waals surface area contributed by atoms with Gasteiger partial charge in [-0.15, -0.1) is 0 Å². The van der Waals surface area contributed by atoms with Crippen LogP contribution in [0.3, 0.4) is 0 Å². The van der Waals surface area contributed by atoms with Crippen LogP contribution in [-0.4, -0.2) is 36.6 Å². The molecule has 0 aromatic carbocycles. The van der Waals surface area contributed by atoms with Crippen LogP contribution in [0, 0.1) is 11.8 Å². The van der Waals surface area contributed by atoms with Gasteiger partial charge in [0.1, 0.15) is 0 Å². The van der Waals surface area contributed by atoms with Crippen LogP contribution in [0.5, 0.6) is 0 Å². The van der Waals surface area contributed by atoms with Crippen molar-refractivity contribution in [3.63, 3.8) is 0 Å². The molecule has 0 aromatic heterocycles. The van der Waals surface area contributed by atoms with E-state index in [1.165, 1.54) is 58.3 Å².